The van der Waals surface area contributed by atoms with Crippen molar-refractivity contribution in [2.75, 3.05) is 12.4 Å². The Balaban J connectivity index is 2.90. The van der Waals surface area contributed by atoms with Crippen LogP contribution in [0.4, 0.5) is 5.69 Å². The third kappa shape index (κ3) is 3.56. The maximum atomic E-state index is 11.5. The molecule has 1 N–H and O–H groups in total. The predicted molar refractivity (Wildman–Crippen MR) is 69.5 cm³/mol. The van der Waals surface area contributed by atoms with Gasteiger partial charge in [-0.1, -0.05) is 15.9 Å². The predicted octanol–water partition coefficient (Wildman–Crippen LogP) is 2.50. The van der Waals surface area contributed by atoms with Gasteiger partial charge in [0.25, 0.3) is 0 Å². The molecule has 1 atom stereocenters. The minimum absolute atomic E-state index is 0.126. The number of methoxy groups -OCH3 is 1. The molecule has 4 nitrogen and oxygen atoms in total. The number of ether oxygens (including phenoxy) is 1. The van der Waals surface area contributed by atoms with Gasteiger partial charge in [0.15, 0.2) is 0 Å². The Kier molecular flexibility index (Phi) is 4.69. The molecule has 0 heterocycles. The summed E-state index contributed by atoms with van der Waals surface area (Å²) >= 11 is 3.18. The molecule has 0 aliphatic heterocycles. The van der Waals surface area contributed by atoms with E-state index in [1.807, 2.05) is 6.92 Å². The van der Waals surface area contributed by atoms with E-state index < -0.39 is 0 Å². The topological polar surface area (TPSA) is 55.4 Å². The van der Waals surface area contributed by atoms with Crippen molar-refractivity contribution in [2.45, 2.75) is 18.7 Å². The highest BCUT2D eigenvalue weighted by atomic mass is 79.9. The van der Waals surface area contributed by atoms with Gasteiger partial charge in [-0.15, -0.1) is 0 Å². The highest BCUT2D eigenvalue weighted by Gasteiger charge is 2.12. The zero-order valence-corrected chi connectivity index (χ0v) is 11.5. The molecule has 0 radical (unpaired) electrons. The summed E-state index contributed by atoms with van der Waals surface area (Å²) in [5.74, 6) is -0.515. The number of alkyl halides is 1. The number of anilines is 1. The zero-order chi connectivity index (χ0) is 13.0. The maximum Gasteiger partial charge on any atom is 0.337 e. The molecule has 0 aliphatic rings. The summed E-state index contributed by atoms with van der Waals surface area (Å²) in [5.41, 5.74) is 1.97. The molecule has 0 fully saturated rings. The molecule has 0 aliphatic carbocycles. The van der Waals surface area contributed by atoms with E-state index >= 15 is 0 Å². The average molecular weight is 300 g/mol. The molecule has 1 aromatic rings. The third-order valence-electron chi connectivity index (χ3n) is 2.27. The Morgan fingerprint density at radius 3 is 2.53 bits per heavy atom. The Morgan fingerprint density at radius 1 is 1.41 bits per heavy atom. The average Bonchev–Trinajstić information content (AvgIpc) is 2.30. The number of rotatable bonds is 3. The first-order chi connectivity index (χ1) is 7.95. The third-order valence-corrected chi connectivity index (χ3v) is 2.68. The van der Waals surface area contributed by atoms with E-state index in [9.17, 15) is 9.59 Å². The van der Waals surface area contributed by atoms with Gasteiger partial charge >= 0.3 is 5.97 Å². The van der Waals surface area contributed by atoms with Crippen molar-refractivity contribution >= 4 is 33.5 Å². The number of carbonyl (C=O) groups excluding carboxylic acids is 2. The lowest BCUT2D eigenvalue weighted by molar-refractivity contribution is -0.115. The molecule has 0 saturated carbocycles. The molecule has 1 aromatic carbocycles. The van der Waals surface area contributed by atoms with Crippen molar-refractivity contribution in [3.05, 3.63) is 29.3 Å². The highest BCUT2D eigenvalue weighted by molar-refractivity contribution is 9.10. The molecular formula is C12H14BrNO3. The Hall–Kier alpha value is -1.36. The molecular weight excluding hydrogens is 286 g/mol. The fourth-order valence-electron chi connectivity index (χ4n) is 1.28. The number of esters is 1. The summed E-state index contributed by atoms with van der Waals surface area (Å²) < 4.78 is 4.62. The second kappa shape index (κ2) is 5.82. The lowest BCUT2D eigenvalue weighted by Crippen LogP contribution is -2.20. The van der Waals surface area contributed by atoms with Crippen LogP contribution in [0.25, 0.3) is 0 Å². The van der Waals surface area contributed by atoms with Gasteiger partial charge in [0.2, 0.25) is 5.91 Å². The van der Waals surface area contributed by atoms with E-state index in [1.54, 1.807) is 25.1 Å². The molecule has 0 spiro atoms. The van der Waals surface area contributed by atoms with Crippen LogP contribution in [0.1, 0.15) is 22.8 Å². The van der Waals surface area contributed by atoms with Gasteiger partial charge in [0.1, 0.15) is 0 Å². The molecule has 1 amide bonds. The smallest absolute Gasteiger partial charge is 0.337 e. The molecule has 1 unspecified atom stereocenters. The zero-order valence-electron chi connectivity index (χ0n) is 9.91. The van der Waals surface area contributed by atoms with Crippen molar-refractivity contribution in [3.63, 3.8) is 0 Å². The molecule has 92 valence electrons. The molecule has 0 bridgehead atoms. The largest absolute Gasteiger partial charge is 0.465 e. The summed E-state index contributed by atoms with van der Waals surface area (Å²) in [6.07, 6.45) is 0. The minimum atomic E-state index is -0.389. The van der Waals surface area contributed by atoms with Crippen LogP contribution >= 0.6 is 15.9 Å². The van der Waals surface area contributed by atoms with Gasteiger partial charge in [0.05, 0.1) is 17.5 Å². The van der Waals surface area contributed by atoms with Crippen molar-refractivity contribution in [2.24, 2.45) is 0 Å². The van der Waals surface area contributed by atoms with Crippen LogP contribution in [0.15, 0.2) is 18.2 Å². The number of benzene rings is 1. The Morgan fingerprint density at radius 2 is 2.06 bits per heavy atom. The molecule has 0 aromatic heterocycles. The summed E-state index contributed by atoms with van der Waals surface area (Å²) in [7, 11) is 1.33. The van der Waals surface area contributed by atoms with Crippen LogP contribution in [0.2, 0.25) is 0 Å². The standard InChI is InChI=1S/C12H14BrNO3/c1-7-6-9(12(16)17-3)4-5-10(7)14-11(15)8(2)13/h4-6,8H,1-3H3,(H,14,15). The van der Waals surface area contributed by atoms with Gasteiger partial charge in [-0.3, -0.25) is 4.79 Å². The normalized spacial score (nSPS) is 11.8. The lowest BCUT2D eigenvalue weighted by Gasteiger charge is -2.10. The highest BCUT2D eigenvalue weighted by Crippen LogP contribution is 2.18. The van der Waals surface area contributed by atoms with Crippen LogP contribution in [0, 0.1) is 6.92 Å². The molecule has 17 heavy (non-hydrogen) atoms. The summed E-state index contributed by atoms with van der Waals surface area (Å²) in [5, 5.41) is 2.76. The number of hydrogen-bond acceptors (Lipinski definition) is 3. The van der Waals surface area contributed by atoms with Crippen molar-refractivity contribution in [3.8, 4) is 0 Å². The van der Waals surface area contributed by atoms with E-state index in [1.165, 1.54) is 7.11 Å². The Bertz CT molecular complexity index is 443. The van der Waals surface area contributed by atoms with Crippen molar-refractivity contribution in [1.82, 2.24) is 0 Å². The number of nitrogens with one attached hydrogen (secondary N) is 1. The maximum absolute atomic E-state index is 11.5. The second-order valence-corrected chi connectivity index (χ2v) is 5.00. The van der Waals surface area contributed by atoms with Crippen LogP contribution in [0.3, 0.4) is 0 Å². The van der Waals surface area contributed by atoms with Gasteiger partial charge in [-0.25, -0.2) is 4.79 Å². The van der Waals surface area contributed by atoms with Gasteiger partial charge < -0.3 is 10.1 Å². The SMILES string of the molecule is COC(=O)c1ccc(NC(=O)C(C)Br)c(C)c1. The van der Waals surface area contributed by atoms with Crippen LogP contribution in [-0.4, -0.2) is 23.8 Å². The molecule has 0 saturated heterocycles. The number of carbonyl (C=O) groups is 2. The monoisotopic (exact) mass is 299 g/mol. The Labute approximate surface area is 108 Å². The van der Waals surface area contributed by atoms with E-state index in [-0.39, 0.29) is 16.7 Å². The van der Waals surface area contributed by atoms with E-state index in [4.69, 9.17) is 0 Å². The quantitative estimate of drug-likeness (QED) is 0.689. The van der Waals surface area contributed by atoms with Gasteiger partial charge in [-0.2, -0.15) is 0 Å². The van der Waals surface area contributed by atoms with Crippen LogP contribution < -0.4 is 5.32 Å². The number of amides is 1. The fraction of sp³-hybridized carbons (Fsp3) is 0.333. The van der Waals surface area contributed by atoms with Crippen molar-refractivity contribution < 1.29 is 14.3 Å². The summed E-state index contributed by atoms with van der Waals surface area (Å²) in [6, 6.07) is 4.99. The van der Waals surface area contributed by atoms with Gasteiger partial charge in [0, 0.05) is 5.69 Å². The van der Waals surface area contributed by atoms with E-state index in [0.29, 0.717) is 11.3 Å². The summed E-state index contributed by atoms with van der Waals surface area (Å²) in [6.45, 7) is 3.56. The van der Waals surface area contributed by atoms with Gasteiger partial charge in [-0.05, 0) is 37.6 Å². The first kappa shape index (κ1) is 13.7. The van der Waals surface area contributed by atoms with Crippen LogP contribution in [-0.2, 0) is 9.53 Å². The number of halogens is 1. The first-order valence-electron chi connectivity index (χ1n) is 5.09. The molecule has 5 heteroatoms. The summed E-state index contributed by atoms with van der Waals surface area (Å²) in [4.78, 5) is 22.5. The van der Waals surface area contributed by atoms with E-state index in [2.05, 4.69) is 26.0 Å². The van der Waals surface area contributed by atoms with E-state index in [0.717, 1.165) is 5.56 Å². The minimum Gasteiger partial charge on any atom is -0.465 e. The number of hydrogen-bond donors (Lipinski definition) is 1. The lowest BCUT2D eigenvalue weighted by atomic mass is 10.1. The fourth-order valence-corrected chi connectivity index (χ4v) is 1.40. The number of aryl methyl sites for hydroxylation is 1. The van der Waals surface area contributed by atoms with Crippen molar-refractivity contribution in [1.29, 1.82) is 0 Å². The second-order valence-electron chi connectivity index (χ2n) is 3.63. The molecule has 1 rings (SSSR count). The van der Waals surface area contributed by atoms with Crippen LogP contribution in [0.5, 0.6) is 0 Å². The first-order valence-corrected chi connectivity index (χ1v) is 6.01.